The van der Waals surface area contributed by atoms with Crippen molar-refractivity contribution in [2.75, 3.05) is 30.0 Å². The largest absolute Gasteiger partial charge is 0.369 e. The summed E-state index contributed by atoms with van der Waals surface area (Å²) in [4.78, 5) is 4.42. The molecule has 1 unspecified atom stereocenters. The van der Waals surface area contributed by atoms with Gasteiger partial charge in [0.2, 0.25) is 0 Å². The van der Waals surface area contributed by atoms with Crippen molar-refractivity contribution in [3.8, 4) is 0 Å². The molecule has 18 heavy (non-hydrogen) atoms. The van der Waals surface area contributed by atoms with E-state index in [0.29, 0.717) is 26.9 Å². The minimum Gasteiger partial charge on any atom is -0.369 e. The molecule has 0 radical (unpaired) electrons. The van der Waals surface area contributed by atoms with Gasteiger partial charge in [0.05, 0.1) is 10.0 Å². The Hall–Kier alpha value is -0.320. The molecule has 1 heterocycles. The number of nitrogens with zero attached hydrogens (tertiary/aromatic N) is 1. The fraction of sp³-hybridized carbons (Fsp3) is 0.583. The summed E-state index contributed by atoms with van der Waals surface area (Å²) in [7, 11) is 0. The van der Waals surface area contributed by atoms with Gasteiger partial charge in [-0.2, -0.15) is 11.8 Å². The Kier molecular flexibility index (Phi) is 6.97. The molecule has 3 nitrogen and oxygen atoms in total. The Bertz CT molecular complexity index is 388. The van der Waals surface area contributed by atoms with E-state index in [1.807, 2.05) is 0 Å². The van der Waals surface area contributed by atoms with E-state index in [9.17, 15) is 0 Å². The molecule has 1 aromatic heterocycles. The first-order valence-corrected chi connectivity index (χ1v) is 7.99. The maximum Gasteiger partial charge on any atom is 0.147 e. The number of hydrogen-bond acceptors (Lipinski definition) is 4. The standard InChI is InChI=1S/C12H19Cl2N3S/c1-4-5-15-11-9(13)6-10(14)12(17-11)16-7-8(2)18-3/h6,8H,4-5,7H2,1-3H3,(H2,15,16,17). The Morgan fingerprint density at radius 3 is 2.44 bits per heavy atom. The van der Waals surface area contributed by atoms with Crippen molar-refractivity contribution >= 4 is 46.6 Å². The van der Waals surface area contributed by atoms with Crippen LogP contribution in [-0.4, -0.2) is 29.6 Å². The molecule has 1 atom stereocenters. The van der Waals surface area contributed by atoms with Crippen LogP contribution in [-0.2, 0) is 0 Å². The third-order valence-electron chi connectivity index (χ3n) is 2.43. The van der Waals surface area contributed by atoms with Gasteiger partial charge in [0.25, 0.3) is 0 Å². The molecule has 0 aliphatic rings. The van der Waals surface area contributed by atoms with Crippen LogP contribution in [0, 0.1) is 0 Å². The van der Waals surface area contributed by atoms with Gasteiger partial charge in [-0.3, -0.25) is 0 Å². The normalized spacial score (nSPS) is 12.3. The maximum absolute atomic E-state index is 6.12. The molecule has 0 bridgehead atoms. The minimum absolute atomic E-state index is 0.505. The van der Waals surface area contributed by atoms with Crippen LogP contribution in [0.5, 0.6) is 0 Å². The number of halogens is 2. The highest BCUT2D eigenvalue weighted by molar-refractivity contribution is 7.99. The number of anilines is 2. The predicted molar refractivity (Wildman–Crippen MR) is 84.5 cm³/mol. The minimum atomic E-state index is 0.505. The Labute approximate surface area is 123 Å². The number of rotatable bonds is 7. The zero-order valence-electron chi connectivity index (χ0n) is 10.9. The van der Waals surface area contributed by atoms with Gasteiger partial charge in [-0.15, -0.1) is 0 Å². The van der Waals surface area contributed by atoms with E-state index in [0.717, 1.165) is 19.5 Å². The van der Waals surface area contributed by atoms with Crippen LogP contribution in [0.15, 0.2) is 6.07 Å². The summed E-state index contributed by atoms with van der Waals surface area (Å²) < 4.78 is 0. The number of thioether (sulfide) groups is 1. The third kappa shape index (κ3) is 4.75. The Morgan fingerprint density at radius 2 is 1.89 bits per heavy atom. The van der Waals surface area contributed by atoms with Gasteiger partial charge in [-0.25, -0.2) is 4.98 Å². The van der Waals surface area contributed by atoms with Gasteiger partial charge in [0, 0.05) is 18.3 Å². The molecule has 0 aliphatic heterocycles. The van der Waals surface area contributed by atoms with Crippen LogP contribution in [0.1, 0.15) is 20.3 Å². The Morgan fingerprint density at radius 1 is 1.28 bits per heavy atom. The topological polar surface area (TPSA) is 37.0 Å². The second kappa shape index (κ2) is 7.97. The third-order valence-corrected chi connectivity index (χ3v) is 3.98. The summed E-state index contributed by atoms with van der Waals surface area (Å²) in [6.45, 7) is 5.91. The van der Waals surface area contributed by atoms with E-state index in [1.54, 1.807) is 17.8 Å². The summed E-state index contributed by atoms with van der Waals surface area (Å²) >= 11 is 14.0. The monoisotopic (exact) mass is 307 g/mol. The summed E-state index contributed by atoms with van der Waals surface area (Å²) in [5.41, 5.74) is 0. The zero-order valence-corrected chi connectivity index (χ0v) is 13.2. The van der Waals surface area contributed by atoms with Crippen LogP contribution < -0.4 is 10.6 Å². The first-order chi connectivity index (χ1) is 8.58. The van der Waals surface area contributed by atoms with Gasteiger partial charge < -0.3 is 10.6 Å². The van der Waals surface area contributed by atoms with Crippen molar-refractivity contribution in [1.29, 1.82) is 0 Å². The van der Waals surface area contributed by atoms with E-state index >= 15 is 0 Å². The van der Waals surface area contributed by atoms with Gasteiger partial charge in [-0.1, -0.05) is 37.0 Å². The molecule has 0 aromatic carbocycles. The summed E-state index contributed by atoms with van der Waals surface area (Å²) in [5.74, 6) is 1.36. The van der Waals surface area contributed by atoms with Crippen LogP contribution in [0.25, 0.3) is 0 Å². The highest BCUT2D eigenvalue weighted by atomic mass is 35.5. The van der Waals surface area contributed by atoms with Gasteiger partial charge >= 0.3 is 0 Å². The van der Waals surface area contributed by atoms with E-state index in [2.05, 4.69) is 35.7 Å². The van der Waals surface area contributed by atoms with Crippen molar-refractivity contribution in [2.45, 2.75) is 25.5 Å². The molecule has 0 saturated carbocycles. The lowest BCUT2D eigenvalue weighted by molar-refractivity contribution is 0.963. The lowest BCUT2D eigenvalue weighted by Crippen LogP contribution is -2.14. The summed E-state index contributed by atoms with van der Waals surface area (Å²) in [6.07, 6.45) is 3.10. The number of hydrogen-bond donors (Lipinski definition) is 2. The number of aromatic nitrogens is 1. The lowest BCUT2D eigenvalue weighted by atomic mass is 10.4. The van der Waals surface area contributed by atoms with E-state index in [1.165, 1.54) is 0 Å². The van der Waals surface area contributed by atoms with Crippen molar-refractivity contribution in [3.05, 3.63) is 16.1 Å². The average molecular weight is 308 g/mol. The fourth-order valence-corrected chi connectivity index (χ4v) is 2.02. The molecule has 0 aliphatic carbocycles. The molecule has 102 valence electrons. The lowest BCUT2D eigenvalue weighted by Gasteiger charge is -2.14. The molecular formula is C12H19Cl2N3S. The van der Waals surface area contributed by atoms with Crippen molar-refractivity contribution in [1.82, 2.24) is 4.98 Å². The Balaban J connectivity index is 2.77. The van der Waals surface area contributed by atoms with E-state index in [4.69, 9.17) is 23.2 Å². The first-order valence-electron chi connectivity index (χ1n) is 5.95. The number of nitrogens with one attached hydrogen (secondary N) is 2. The molecule has 0 saturated heterocycles. The second-order valence-electron chi connectivity index (χ2n) is 4.00. The number of pyridine rings is 1. The molecule has 0 amide bonds. The molecule has 0 spiro atoms. The van der Waals surface area contributed by atoms with Crippen molar-refractivity contribution in [3.63, 3.8) is 0 Å². The average Bonchev–Trinajstić information content (AvgIpc) is 2.36. The van der Waals surface area contributed by atoms with Crippen LogP contribution in [0.2, 0.25) is 10.0 Å². The maximum atomic E-state index is 6.12. The highest BCUT2D eigenvalue weighted by Gasteiger charge is 2.09. The van der Waals surface area contributed by atoms with Gasteiger partial charge in [0.15, 0.2) is 0 Å². The zero-order chi connectivity index (χ0) is 13.5. The highest BCUT2D eigenvalue weighted by Crippen LogP contribution is 2.29. The molecule has 2 N–H and O–H groups in total. The first kappa shape index (κ1) is 15.7. The van der Waals surface area contributed by atoms with Crippen LogP contribution in [0.4, 0.5) is 11.6 Å². The van der Waals surface area contributed by atoms with Crippen molar-refractivity contribution < 1.29 is 0 Å². The molecule has 1 rings (SSSR count). The quantitative estimate of drug-likeness (QED) is 0.784. The smallest absolute Gasteiger partial charge is 0.147 e. The van der Waals surface area contributed by atoms with Gasteiger partial charge in [0.1, 0.15) is 11.6 Å². The molecule has 1 aromatic rings. The second-order valence-corrected chi connectivity index (χ2v) is 6.09. The SMILES string of the molecule is CCCNc1nc(NCC(C)SC)c(Cl)cc1Cl. The van der Waals surface area contributed by atoms with E-state index in [-0.39, 0.29) is 0 Å². The van der Waals surface area contributed by atoms with Crippen LogP contribution >= 0.6 is 35.0 Å². The van der Waals surface area contributed by atoms with Crippen molar-refractivity contribution in [2.24, 2.45) is 0 Å². The predicted octanol–water partition coefficient (Wildman–Crippen LogP) is 4.37. The summed E-state index contributed by atoms with van der Waals surface area (Å²) in [6, 6.07) is 1.72. The molecular weight excluding hydrogens is 289 g/mol. The van der Waals surface area contributed by atoms with Crippen LogP contribution in [0.3, 0.4) is 0 Å². The summed E-state index contributed by atoms with van der Waals surface area (Å²) in [5, 5.41) is 8.04. The molecule has 6 heteroatoms. The molecule has 0 fully saturated rings. The van der Waals surface area contributed by atoms with Gasteiger partial charge in [-0.05, 0) is 18.7 Å². The van der Waals surface area contributed by atoms with E-state index < -0.39 is 0 Å². The fourth-order valence-electron chi connectivity index (χ4n) is 1.28.